The van der Waals surface area contributed by atoms with Crippen LogP contribution in [0.4, 0.5) is 0 Å². The second kappa shape index (κ2) is 5.63. The molecule has 5 nitrogen and oxygen atoms in total. The minimum atomic E-state index is 0.563. The molecule has 2 N–H and O–H groups in total. The van der Waals surface area contributed by atoms with E-state index in [2.05, 4.69) is 15.1 Å². The lowest BCUT2D eigenvalue weighted by Gasteiger charge is -2.01. The van der Waals surface area contributed by atoms with E-state index in [0.29, 0.717) is 12.5 Å². The molecular weight excluding hydrogens is 250 g/mol. The number of benzene rings is 1. The Morgan fingerprint density at radius 2 is 1.70 bits per heavy atom. The molecule has 0 bridgehead atoms. The summed E-state index contributed by atoms with van der Waals surface area (Å²) in [5.41, 5.74) is 8.70. The summed E-state index contributed by atoms with van der Waals surface area (Å²) in [5.74, 6) is 0.563. The topological polar surface area (TPSA) is 69.6 Å². The van der Waals surface area contributed by atoms with Gasteiger partial charge >= 0.3 is 0 Å². The van der Waals surface area contributed by atoms with Crippen molar-refractivity contribution in [2.75, 3.05) is 6.54 Å². The molecule has 0 spiro atoms. The molecule has 0 atom stereocenters. The average molecular weight is 265 g/mol. The van der Waals surface area contributed by atoms with Crippen molar-refractivity contribution >= 4 is 0 Å². The Labute approximate surface area is 117 Å². The molecule has 1 aromatic carbocycles. The van der Waals surface area contributed by atoms with Crippen molar-refractivity contribution in [3.63, 3.8) is 0 Å². The molecule has 0 fully saturated rings. The van der Waals surface area contributed by atoms with Gasteiger partial charge in [0.05, 0.1) is 6.20 Å². The van der Waals surface area contributed by atoms with Crippen LogP contribution in [0.25, 0.3) is 17.1 Å². The maximum Gasteiger partial charge on any atom is 0.250 e. The van der Waals surface area contributed by atoms with Gasteiger partial charge in [-0.15, -0.1) is 0 Å². The average Bonchev–Trinajstić information content (AvgIpc) is 2.99. The van der Waals surface area contributed by atoms with Gasteiger partial charge in [0.2, 0.25) is 5.95 Å². The molecule has 3 aromatic rings. The summed E-state index contributed by atoms with van der Waals surface area (Å²) in [7, 11) is 0. The van der Waals surface area contributed by atoms with Crippen LogP contribution in [-0.4, -0.2) is 26.3 Å². The summed E-state index contributed by atoms with van der Waals surface area (Å²) in [6.07, 6.45) is 8.10. The summed E-state index contributed by atoms with van der Waals surface area (Å²) < 4.78 is 1.68. The summed E-state index contributed by atoms with van der Waals surface area (Å²) in [6, 6.07) is 10.1. The summed E-state index contributed by atoms with van der Waals surface area (Å²) >= 11 is 0. The standard InChI is InChI=1S/C15H15N5/c16-7-6-12-8-17-15(18-9-12)20-11-14(10-19-20)13-4-2-1-3-5-13/h1-5,8-11H,6-7,16H2. The van der Waals surface area contributed by atoms with Gasteiger partial charge in [0.15, 0.2) is 0 Å². The van der Waals surface area contributed by atoms with Gasteiger partial charge in [0, 0.05) is 24.2 Å². The van der Waals surface area contributed by atoms with Gasteiger partial charge in [-0.05, 0) is 24.1 Å². The molecule has 100 valence electrons. The number of hydrogen-bond acceptors (Lipinski definition) is 4. The summed E-state index contributed by atoms with van der Waals surface area (Å²) in [6.45, 7) is 0.600. The first kappa shape index (κ1) is 12.5. The molecule has 0 unspecified atom stereocenters. The third-order valence-corrected chi connectivity index (χ3v) is 3.02. The molecule has 20 heavy (non-hydrogen) atoms. The first-order chi connectivity index (χ1) is 9.86. The Balaban J connectivity index is 1.86. The van der Waals surface area contributed by atoms with Crippen molar-refractivity contribution in [1.82, 2.24) is 19.7 Å². The van der Waals surface area contributed by atoms with Crippen LogP contribution in [0.5, 0.6) is 0 Å². The van der Waals surface area contributed by atoms with Gasteiger partial charge < -0.3 is 5.73 Å². The first-order valence-electron chi connectivity index (χ1n) is 6.48. The largest absolute Gasteiger partial charge is 0.330 e. The molecular formula is C15H15N5. The Kier molecular flexibility index (Phi) is 3.52. The van der Waals surface area contributed by atoms with Crippen LogP contribution in [0.1, 0.15) is 5.56 Å². The van der Waals surface area contributed by atoms with Crippen molar-refractivity contribution in [2.45, 2.75) is 6.42 Å². The van der Waals surface area contributed by atoms with Crippen LogP contribution in [0.2, 0.25) is 0 Å². The Morgan fingerprint density at radius 1 is 0.950 bits per heavy atom. The van der Waals surface area contributed by atoms with Crippen LogP contribution in [0, 0.1) is 0 Å². The van der Waals surface area contributed by atoms with Gasteiger partial charge in [-0.1, -0.05) is 30.3 Å². The zero-order chi connectivity index (χ0) is 13.8. The zero-order valence-electron chi connectivity index (χ0n) is 11.0. The second-order valence-electron chi connectivity index (χ2n) is 4.47. The lowest BCUT2D eigenvalue weighted by atomic mass is 10.1. The van der Waals surface area contributed by atoms with Crippen molar-refractivity contribution < 1.29 is 0 Å². The summed E-state index contributed by atoms with van der Waals surface area (Å²) in [4.78, 5) is 8.62. The maximum atomic E-state index is 5.50. The number of nitrogens with zero attached hydrogens (tertiary/aromatic N) is 4. The van der Waals surface area contributed by atoms with Crippen molar-refractivity contribution in [3.05, 3.63) is 60.7 Å². The van der Waals surface area contributed by atoms with E-state index in [1.54, 1.807) is 17.1 Å². The van der Waals surface area contributed by atoms with E-state index in [0.717, 1.165) is 23.1 Å². The Hall–Kier alpha value is -2.53. The fraction of sp³-hybridized carbons (Fsp3) is 0.133. The number of nitrogens with two attached hydrogens (primary N) is 1. The van der Waals surface area contributed by atoms with Gasteiger partial charge in [0.25, 0.3) is 0 Å². The highest BCUT2D eigenvalue weighted by Gasteiger charge is 2.05. The predicted octanol–water partition coefficient (Wildman–Crippen LogP) is 1.83. The highest BCUT2D eigenvalue weighted by molar-refractivity contribution is 5.61. The van der Waals surface area contributed by atoms with Gasteiger partial charge in [-0.2, -0.15) is 5.10 Å². The van der Waals surface area contributed by atoms with Crippen molar-refractivity contribution in [2.24, 2.45) is 5.73 Å². The monoisotopic (exact) mass is 265 g/mol. The van der Waals surface area contributed by atoms with Crippen LogP contribution in [0.3, 0.4) is 0 Å². The van der Waals surface area contributed by atoms with E-state index >= 15 is 0 Å². The molecule has 3 rings (SSSR count). The fourth-order valence-electron chi connectivity index (χ4n) is 1.97. The molecule has 5 heteroatoms. The third-order valence-electron chi connectivity index (χ3n) is 3.02. The van der Waals surface area contributed by atoms with E-state index in [1.807, 2.05) is 42.7 Å². The molecule has 2 aromatic heterocycles. The minimum Gasteiger partial charge on any atom is -0.330 e. The first-order valence-corrected chi connectivity index (χ1v) is 6.48. The smallest absolute Gasteiger partial charge is 0.250 e. The highest BCUT2D eigenvalue weighted by Crippen LogP contribution is 2.18. The van der Waals surface area contributed by atoms with E-state index in [1.165, 1.54) is 0 Å². The lowest BCUT2D eigenvalue weighted by molar-refractivity contribution is 0.799. The minimum absolute atomic E-state index is 0.563. The van der Waals surface area contributed by atoms with Crippen LogP contribution < -0.4 is 5.73 Å². The molecule has 0 saturated heterocycles. The zero-order valence-corrected chi connectivity index (χ0v) is 11.0. The van der Waals surface area contributed by atoms with E-state index in [-0.39, 0.29) is 0 Å². The SMILES string of the molecule is NCCc1cnc(-n2cc(-c3ccccc3)cn2)nc1. The molecule has 0 aliphatic carbocycles. The van der Waals surface area contributed by atoms with Gasteiger partial charge in [-0.3, -0.25) is 0 Å². The van der Waals surface area contributed by atoms with Crippen molar-refractivity contribution in [1.29, 1.82) is 0 Å². The molecule has 0 aliphatic rings. The molecule has 0 radical (unpaired) electrons. The van der Waals surface area contributed by atoms with Crippen LogP contribution >= 0.6 is 0 Å². The maximum absolute atomic E-state index is 5.50. The molecule has 0 saturated carbocycles. The number of hydrogen-bond donors (Lipinski definition) is 1. The summed E-state index contributed by atoms with van der Waals surface area (Å²) in [5, 5.41) is 4.31. The van der Waals surface area contributed by atoms with Crippen molar-refractivity contribution in [3.8, 4) is 17.1 Å². The van der Waals surface area contributed by atoms with Crippen LogP contribution in [-0.2, 0) is 6.42 Å². The number of aromatic nitrogens is 4. The lowest BCUT2D eigenvalue weighted by Crippen LogP contribution is -2.06. The van der Waals surface area contributed by atoms with E-state index in [4.69, 9.17) is 5.73 Å². The normalized spacial score (nSPS) is 10.7. The Bertz CT molecular complexity index is 673. The molecule has 0 amide bonds. The quantitative estimate of drug-likeness (QED) is 0.781. The Morgan fingerprint density at radius 3 is 2.40 bits per heavy atom. The second-order valence-corrected chi connectivity index (χ2v) is 4.47. The van der Waals surface area contributed by atoms with E-state index < -0.39 is 0 Å². The van der Waals surface area contributed by atoms with E-state index in [9.17, 15) is 0 Å². The predicted molar refractivity (Wildman–Crippen MR) is 77.3 cm³/mol. The van der Waals surface area contributed by atoms with Crippen LogP contribution in [0.15, 0.2) is 55.1 Å². The molecule has 0 aliphatic heterocycles. The van der Waals surface area contributed by atoms with Gasteiger partial charge in [-0.25, -0.2) is 14.6 Å². The number of rotatable bonds is 4. The molecule has 2 heterocycles. The third kappa shape index (κ3) is 2.57. The van der Waals surface area contributed by atoms with Gasteiger partial charge in [0.1, 0.15) is 0 Å². The fourth-order valence-corrected chi connectivity index (χ4v) is 1.97. The highest BCUT2D eigenvalue weighted by atomic mass is 15.3.